The highest BCUT2D eigenvalue weighted by Gasteiger charge is 2.16. The second kappa shape index (κ2) is 5.89. The van der Waals surface area contributed by atoms with Gasteiger partial charge < -0.3 is 5.32 Å². The Morgan fingerprint density at radius 3 is 2.26 bits per heavy atom. The zero-order valence-electron chi connectivity index (χ0n) is 9.60. The predicted octanol–water partition coefficient (Wildman–Crippen LogP) is 0.963. The van der Waals surface area contributed by atoms with E-state index in [-0.39, 0.29) is 18.7 Å². The van der Waals surface area contributed by atoms with Crippen LogP contribution < -0.4 is 10.5 Å². The summed E-state index contributed by atoms with van der Waals surface area (Å²) in [5.41, 5.74) is -1.25. The van der Waals surface area contributed by atoms with Gasteiger partial charge in [0.2, 0.25) is 10.0 Å². The first-order valence-corrected chi connectivity index (χ1v) is 6.80. The van der Waals surface area contributed by atoms with E-state index in [9.17, 15) is 27.3 Å². The van der Waals surface area contributed by atoms with Crippen LogP contribution >= 0.6 is 0 Å². The minimum absolute atomic E-state index is 0.0396. The molecule has 0 unspecified atom stereocenters. The van der Waals surface area contributed by atoms with Crippen molar-refractivity contribution in [1.29, 1.82) is 0 Å². The Morgan fingerprint density at radius 2 is 1.84 bits per heavy atom. The maximum atomic E-state index is 13.4. The average molecular weight is 295 g/mol. The molecular weight excluding hydrogens is 284 g/mol. The molecule has 0 bridgehead atoms. The third-order valence-electron chi connectivity index (χ3n) is 2.15. The largest absolute Gasteiger partial charge is 0.380 e. The molecule has 1 rings (SSSR count). The molecule has 0 radical (unpaired) electrons. The highest BCUT2D eigenvalue weighted by atomic mass is 32.2. The summed E-state index contributed by atoms with van der Waals surface area (Å²) in [4.78, 5) is 9.44. The predicted molar refractivity (Wildman–Crippen MR) is 64.1 cm³/mol. The van der Waals surface area contributed by atoms with Gasteiger partial charge in [-0.1, -0.05) is 0 Å². The molecule has 0 atom stereocenters. The minimum Gasteiger partial charge on any atom is -0.380 e. The van der Waals surface area contributed by atoms with E-state index in [0.29, 0.717) is 12.1 Å². The van der Waals surface area contributed by atoms with Gasteiger partial charge in [0, 0.05) is 6.54 Å². The molecule has 19 heavy (non-hydrogen) atoms. The fourth-order valence-electron chi connectivity index (χ4n) is 1.32. The van der Waals surface area contributed by atoms with Crippen LogP contribution in [-0.4, -0.2) is 25.6 Å². The fourth-order valence-corrected chi connectivity index (χ4v) is 1.87. The number of anilines is 1. The summed E-state index contributed by atoms with van der Waals surface area (Å²) in [6.07, 6.45) is 0.0503. The summed E-state index contributed by atoms with van der Waals surface area (Å²) < 4.78 is 48.0. The number of nitrogens with two attached hydrogens (primary N) is 1. The Hall–Kier alpha value is -1.81. The minimum atomic E-state index is -3.63. The summed E-state index contributed by atoms with van der Waals surface area (Å²) in [7, 11) is -3.63. The lowest BCUT2D eigenvalue weighted by Gasteiger charge is -2.08. The highest BCUT2D eigenvalue weighted by Crippen LogP contribution is 2.24. The standard InChI is InChI=1S/C9H11F2N3O4S/c10-7-4-6(14(15)16)5-8(11)9(7)13-2-1-3-19(12,17)18/h4-5,13H,1-3H2,(H2,12,17,18). The van der Waals surface area contributed by atoms with E-state index in [1.165, 1.54) is 0 Å². The van der Waals surface area contributed by atoms with Gasteiger partial charge in [-0.15, -0.1) is 0 Å². The lowest BCUT2D eigenvalue weighted by Crippen LogP contribution is -2.19. The molecule has 0 heterocycles. The summed E-state index contributed by atoms with van der Waals surface area (Å²) in [5.74, 6) is -2.58. The molecule has 106 valence electrons. The normalized spacial score (nSPS) is 11.3. The molecule has 7 nitrogen and oxygen atoms in total. The number of nitro groups is 1. The van der Waals surface area contributed by atoms with Gasteiger partial charge >= 0.3 is 0 Å². The third kappa shape index (κ3) is 4.75. The van der Waals surface area contributed by atoms with Crippen LogP contribution in [0.2, 0.25) is 0 Å². The van der Waals surface area contributed by atoms with Crippen molar-refractivity contribution < 1.29 is 22.1 Å². The number of halogens is 2. The second-order valence-electron chi connectivity index (χ2n) is 3.69. The summed E-state index contributed by atoms with van der Waals surface area (Å²) in [5, 5.41) is 17.4. The van der Waals surface area contributed by atoms with Gasteiger partial charge in [-0.25, -0.2) is 22.3 Å². The Bertz CT molecular complexity index is 568. The number of sulfonamides is 1. The van der Waals surface area contributed by atoms with Crippen molar-refractivity contribution >= 4 is 21.4 Å². The van der Waals surface area contributed by atoms with E-state index < -0.39 is 38.0 Å². The molecule has 0 amide bonds. The number of hydrogen-bond acceptors (Lipinski definition) is 5. The molecule has 0 aliphatic carbocycles. The first-order chi connectivity index (χ1) is 8.70. The molecular formula is C9H11F2N3O4S. The number of nitrogens with zero attached hydrogens (tertiary/aromatic N) is 1. The van der Waals surface area contributed by atoms with Crippen molar-refractivity contribution in [1.82, 2.24) is 0 Å². The monoisotopic (exact) mass is 295 g/mol. The smallest absolute Gasteiger partial charge is 0.275 e. The first-order valence-electron chi connectivity index (χ1n) is 5.08. The Labute approximate surface area is 107 Å². The van der Waals surface area contributed by atoms with Gasteiger partial charge in [0.25, 0.3) is 5.69 Å². The number of non-ortho nitro benzene ring substituents is 1. The van der Waals surface area contributed by atoms with E-state index in [2.05, 4.69) is 5.32 Å². The Kier molecular flexibility index (Phi) is 4.72. The number of primary sulfonamides is 1. The van der Waals surface area contributed by atoms with Crippen LogP contribution in [-0.2, 0) is 10.0 Å². The van der Waals surface area contributed by atoms with Crippen molar-refractivity contribution in [3.63, 3.8) is 0 Å². The van der Waals surface area contributed by atoms with Crippen molar-refractivity contribution in [3.05, 3.63) is 33.9 Å². The fraction of sp³-hybridized carbons (Fsp3) is 0.333. The van der Waals surface area contributed by atoms with E-state index in [1.54, 1.807) is 0 Å². The molecule has 0 aromatic heterocycles. The topological polar surface area (TPSA) is 115 Å². The maximum Gasteiger partial charge on any atom is 0.275 e. The summed E-state index contributed by atoms with van der Waals surface area (Å²) >= 11 is 0. The van der Waals surface area contributed by atoms with E-state index >= 15 is 0 Å². The van der Waals surface area contributed by atoms with Crippen LogP contribution in [0.4, 0.5) is 20.2 Å². The molecule has 1 aromatic rings. The first kappa shape index (κ1) is 15.2. The molecule has 10 heteroatoms. The van der Waals surface area contributed by atoms with Crippen LogP contribution in [0.1, 0.15) is 6.42 Å². The lowest BCUT2D eigenvalue weighted by molar-refractivity contribution is -0.385. The van der Waals surface area contributed by atoms with Crippen molar-refractivity contribution in [2.45, 2.75) is 6.42 Å². The van der Waals surface area contributed by atoms with Gasteiger partial charge in [-0.2, -0.15) is 0 Å². The molecule has 0 spiro atoms. The highest BCUT2D eigenvalue weighted by molar-refractivity contribution is 7.89. The molecule has 3 N–H and O–H groups in total. The average Bonchev–Trinajstić information content (AvgIpc) is 2.25. The maximum absolute atomic E-state index is 13.4. The van der Waals surface area contributed by atoms with E-state index in [4.69, 9.17) is 5.14 Å². The molecule has 1 aromatic carbocycles. The second-order valence-corrected chi connectivity index (χ2v) is 5.42. The number of nitrogens with one attached hydrogen (secondary N) is 1. The quantitative estimate of drug-likeness (QED) is 0.461. The van der Waals surface area contributed by atoms with Crippen molar-refractivity contribution in [3.8, 4) is 0 Å². The Balaban J connectivity index is 2.72. The third-order valence-corrected chi connectivity index (χ3v) is 3.00. The summed E-state index contributed by atoms with van der Waals surface area (Å²) in [6.45, 7) is -0.0396. The zero-order valence-corrected chi connectivity index (χ0v) is 10.4. The van der Waals surface area contributed by atoms with Gasteiger partial charge in [0.1, 0.15) is 5.69 Å². The van der Waals surface area contributed by atoms with Crippen LogP contribution in [0.25, 0.3) is 0 Å². The van der Waals surface area contributed by atoms with Gasteiger partial charge in [0.15, 0.2) is 11.6 Å². The molecule has 0 saturated carbocycles. The molecule has 0 saturated heterocycles. The number of rotatable bonds is 6. The van der Waals surface area contributed by atoms with Crippen molar-refractivity contribution in [2.24, 2.45) is 5.14 Å². The van der Waals surface area contributed by atoms with Crippen LogP contribution in [0.5, 0.6) is 0 Å². The molecule has 0 aliphatic rings. The van der Waals surface area contributed by atoms with Crippen LogP contribution in [0, 0.1) is 21.7 Å². The number of hydrogen-bond donors (Lipinski definition) is 2. The zero-order chi connectivity index (χ0) is 14.6. The van der Waals surface area contributed by atoms with Crippen molar-refractivity contribution in [2.75, 3.05) is 17.6 Å². The van der Waals surface area contributed by atoms with Crippen LogP contribution in [0.15, 0.2) is 12.1 Å². The lowest BCUT2D eigenvalue weighted by atomic mass is 10.2. The van der Waals surface area contributed by atoms with Gasteiger partial charge in [-0.3, -0.25) is 10.1 Å². The molecule has 0 aliphatic heterocycles. The summed E-state index contributed by atoms with van der Waals surface area (Å²) in [6, 6.07) is 1.15. The molecule has 0 fully saturated rings. The number of nitro benzene ring substituents is 1. The van der Waals surface area contributed by atoms with Crippen LogP contribution in [0.3, 0.4) is 0 Å². The van der Waals surface area contributed by atoms with E-state index in [0.717, 1.165) is 0 Å². The van der Waals surface area contributed by atoms with Gasteiger partial charge in [0.05, 0.1) is 22.8 Å². The number of benzene rings is 1. The van der Waals surface area contributed by atoms with Gasteiger partial charge in [-0.05, 0) is 6.42 Å². The SMILES string of the molecule is NS(=O)(=O)CCCNc1c(F)cc([N+](=O)[O-])cc1F. The Morgan fingerprint density at radius 1 is 1.32 bits per heavy atom. The van der Waals surface area contributed by atoms with E-state index in [1.807, 2.05) is 0 Å².